The lowest BCUT2D eigenvalue weighted by Gasteiger charge is -2.22. The summed E-state index contributed by atoms with van der Waals surface area (Å²) in [6.45, 7) is 5.70. The van der Waals surface area contributed by atoms with Gasteiger partial charge in [0.1, 0.15) is 0 Å². The molecule has 1 unspecified atom stereocenters. The Morgan fingerprint density at radius 1 is 1.53 bits per heavy atom. The van der Waals surface area contributed by atoms with Gasteiger partial charge in [-0.15, -0.1) is 22.9 Å². The van der Waals surface area contributed by atoms with E-state index in [0.29, 0.717) is 10.8 Å². The quantitative estimate of drug-likeness (QED) is 0.782. The van der Waals surface area contributed by atoms with Crippen LogP contribution in [0.4, 0.5) is 0 Å². The highest BCUT2D eigenvalue weighted by Gasteiger charge is 2.27. The minimum Gasteiger partial charge on any atom is -0.207 e. The average Bonchev–Trinajstić information content (AvgIpc) is 2.69. The third-order valence-corrected chi connectivity index (χ3v) is 6.65. The topological polar surface area (TPSA) is 37.4 Å². The van der Waals surface area contributed by atoms with Crippen molar-refractivity contribution in [2.24, 2.45) is 0 Å². The average molecular weight is 296 g/mol. The van der Waals surface area contributed by atoms with Crippen LogP contribution < -0.4 is 0 Å². The van der Waals surface area contributed by atoms with Crippen molar-refractivity contribution in [3.8, 4) is 0 Å². The van der Waals surface area contributed by atoms with Gasteiger partial charge >= 0.3 is 0 Å². The van der Waals surface area contributed by atoms with E-state index in [9.17, 15) is 8.42 Å². The van der Waals surface area contributed by atoms with Gasteiger partial charge in [-0.3, -0.25) is 0 Å². The Balaban J connectivity index is 3.17. The molecule has 0 spiro atoms. The van der Waals surface area contributed by atoms with Gasteiger partial charge in [-0.05, 0) is 26.3 Å². The molecule has 0 saturated heterocycles. The largest absolute Gasteiger partial charge is 0.244 e. The van der Waals surface area contributed by atoms with Crippen LogP contribution in [-0.4, -0.2) is 25.8 Å². The molecule has 0 aliphatic rings. The first-order chi connectivity index (χ1) is 7.84. The number of sulfonamides is 1. The van der Waals surface area contributed by atoms with Crippen molar-refractivity contribution in [2.45, 2.75) is 44.0 Å². The molecule has 98 valence electrons. The summed E-state index contributed by atoms with van der Waals surface area (Å²) in [6, 6.07) is 1.68. The predicted octanol–water partition coefficient (Wildman–Crippen LogP) is 3.21. The second-order valence-corrected chi connectivity index (χ2v) is 7.62. The summed E-state index contributed by atoms with van der Waals surface area (Å²) in [4.78, 5) is 2.08. The van der Waals surface area contributed by atoms with E-state index in [1.807, 2.05) is 20.8 Å². The number of aryl methyl sites for hydroxylation is 1. The Kier molecular flexibility index (Phi) is 5.01. The zero-order valence-corrected chi connectivity index (χ0v) is 12.9. The van der Waals surface area contributed by atoms with E-state index in [4.69, 9.17) is 11.6 Å². The van der Waals surface area contributed by atoms with Crippen LogP contribution in [0.5, 0.6) is 0 Å². The summed E-state index contributed by atoms with van der Waals surface area (Å²) in [5, 5.41) is 0. The third-order valence-electron chi connectivity index (χ3n) is 2.92. The second-order valence-electron chi connectivity index (χ2n) is 4.05. The number of halogens is 1. The zero-order valence-electron chi connectivity index (χ0n) is 10.5. The summed E-state index contributed by atoms with van der Waals surface area (Å²) in [6.07, 6.45) is 0.793. The van der Waals surface area contributed by atoms with Crippen LogP contribution in [0.15, 0.2) is 11.0 Å². The first-order valence-electron chi connectivity index (χ1n) is 5.47. The van der Waals surface area contributed by atoms with Gasteiger partial charge in [0, 0.05) is 22.8 Å². The molecule has 0 fully saturated rings. The molecule has 3 nitrogen and oxygen atoms in total. The number of hydrogen-bond acceptors (Lipinski definition) is 3. The van der Waals surface area contributed by atoms with Gasteiger partial charge in [-0.2, -0.15) is 4.31 Å². The highest BCUT2D eigenvalue weighted by atomic mass is 35.5. The molecule has 1 aromatic heterocycles. The van der Waals surface area contributed by atoms with Crippen LogP contribution in [0.1, 0.15) is 30.0 Å². The number of hydrogen-bond donors (Lipinski definition) is 0. The Hall–Kier alpha value is -0.100. The fraction of sp³-hybridized carbons (Fsp3) is 0.636. The standard InChI is InChI=1S/C11H18ClNO2S2/c1-5-8(2)13(4)17(14,15)11-6-10(7-12)16-9(11)3/h6,8H,5,7H2,1-4H3. The third kappa shape index (κ3) is 3.02. The molecule has 6 heteroatoms. The van der Waals surface area contributed by atoms with Crippen molar-refractivity contribution in [3.05, 3.63) is 15.8 Å². The summed E-state index contributed by atoms with van der Waals surface area (Å²) < 4.78 is 26.2. The molecule has 0 aliphatic carbocycles. The molecular weight excluding hydrogens is 278 g/mol. The maximum atomic E-state index is 12.4. The van der Waals surface area contributed by atoms with Crippen LogP contribution >= 0.6 is 22.9 Å². The first kappa shape index (κ1) is 15.0. The van der Waals surface area contributed by atoms with E-state index in [2.05, 4.69) is 0 Å². The number of rotatable bonds is 5. The maximum absolute atomic E-state index is 12.4. The molecule has 1 rings (SSSR count). The monoisotopic (exact) mass is 295 g/mol. The fourth-order valence-electron chi connectivity index (χ4n) is 1.50. The van der Waals surface area contributed by atoms with E-state index < -0.39 is 10.0 Å². The molecule has 0 N–H and O–H groups in total. The smallest absolute Gasteiger partial charge is 0.207 e. The van der Waals surface area contributed by atoms with Gasteiger partial charge in [-0.1, -0.05) is 6.92 Å². The van der Waals surface area contributed by atoms with Gasteiger partial charge < -0.3 is 0 Å². The zero-order chi connectivity index (χ0) is 13.2. The molecule has 1 aromatic rings. The van der Waals surface area contributed by atoms with E-state index in [0.717, 1.165) is 16.2 Å². The molecule has 17 heavy (non-hydrogen) atoms. The summed E-state index contributed by atoms with van der Waals surface area (Å²) >= 11 is 7.17. The molecule has 0 amide bonds. The van der Waals surface area contributed by atoms with Gasteiger partial charge in [0.25, 0.3) is 0 Å². The van der Waals surface area contributed by atoms with Crippen molar-refractivity contribution in [1.82, 2.24) is 4.31 Å². The lowest BCUT2D eigenvalue weighted by Crippen LogP contribution is -2.34. The number of thiophene rings is 1. The summed E-state index contributed by atoms with van der Waals surface area (Å²) in [5.41, 5.74) is 0. The van der Waals surface area contributed by atoms with Crippen molar-refractivity contribution >= 4 is 33.0 Å². The van der Waals surface area contributed by atoms with Crippen molar-refractivity contribution < 1.29 is 8.42 Å². The predicted molar refractivity (Wildman–Crippen MR) is 73.3 cm³/mol. The van der Waals surface area contributed by atoms with E-state index in [1.165, 1.54) is 15.6 Å². The Labute approximate surface area is 112 Å². The maximum Gasteiger partial charge on any atom is 0.244 e. The minimum absolute atomic E-state index is 0.00116. The lowest BCUT2D eigenvalue weighted by molar-refractivity contribution is 0.380. The first-order valence-corrected chi connectivity index (χ1v) is 8.27. The number of nitrogens with zero attached hydrogens (tertiary/aromatic N) is 1. The van der Waals surface area contributed by atoms with E-state index in [1.54, 1.807) is 13.1 Å². The number of alkyl halides is 1. The highest BCUT2D eigenvalue weighted by Crippen LogP contribution is 2.29. The van der Waals surface area contributed by atoms with Gasteiger partial charge in [0.2, 0.25) is 10.0 Å². The van der Waals surface area contributed by atoms with Crippen LogP contribution in [0.25, 0.3) is 0 Å². The van der Waals surface area contributed by atoms with Crippen LogP contribution in [-0.2, 0) is 15.9 Å². The second kappa shape index (κ2) is 5.69. The minimum atomic E-state index is -3.39. The van der Waals surface area contributed by atoms with Crippen molar-refractivity contribution in [2.75, 3.05) is 7.05 Å². The van der Waals surface area contributed by atoms with Gasteiger partial charge in [-0.25, -0.2) is 8.42 Å². The molecule has 1 atom stereocenters. The Morgan fingerprint density at radius 3 is 2.53 bits per heavy atom. The van der Waals surface area contributed by atoms with Crippen molar-refractivity contribution in [3.63, 3.8) is 0 Å². The van der Waals surface area contributed by atoms with Crippen LogP contribution in [0.2, 0.25) is 0 Å². The Bertz CT molecular complexity index is 482. The van der Waals surface area contributed by atoms with E-state index >= 15 is 0 Å². The molecule has 0 saturated carbocycles. The highest BCUT2D eigenvalue weighted by molar-refractivity contribution is 7.89. The SMILES string of the molecule is CCC(C)N(C)S(=O)(=O)c1cc(CCl)sc1C. The fourth-order valence-corrected chi connectivity index (χ4v) is 4.62. The normalized spacial score (nSPS) is 14.2. The summed E-state index contributed by atoms with van der Waals surface area (Å²) in [7, 11) is -1.76. The van der Waals surface area contributed by atoms with Gasteiger partial charge in [0.05, 0.1) is 10.8 Å². The lowest BCUT2D eigenvalue weighted by atomic mass is 10.3. The molecule has 0 radical (unpaired) electrons. The Morgan fingerprint density at radius 2 is 2.12 bits per heavy atom. The summed E-state index contributed by atoms with van der Waals surface area (Å²) in [5.74, 6) is 0.355. The molecule has 0 aromatic carbocycles. The van der Waals surface area contributed by atoms with Crippen molar-refractivity contribution in [1.29, 1.82) is 0 Å². The van der Waals surface area contributed by atoms with E-state index in [-0.39, 0.29) is 6.04 Å². The molecule has 1 heterocycles. The van der Waals surface area contributed by atoms with Crippen LogP contribution in [0.3, 0.4) is 0 Å². The molecule has 0 bridgehead atoms. The van der Waals surface area contributed by atoms with Crippen LogP contribution in [0, 0.1) is 6.92 Å². The molecular formula is C11H18ClNO2S2. The molecule has 0 aliphatic heterocycles. The van der Waals surface area contributed by atoms with Gasteiger partial charge in [0.15, 0.2) is 0 Å².